The molecule has 2 aromatic carbocycles. The zero-order chi connectivity index (χ0) is 16.5. The standard InChI is InChI=1S/C16H14N8/c1-3-7-13(8-4-1)11-17-19-15-21-23-16(24-22-15)20-18-12-14-9-5-2-6-10-14/h1-12H,(H,19,21,22)(H,20,23,24)/b17-11+,18-12+. The Hall–Kier alpha value is -3.68. The van der Waals surface area contributed by atoms with Gasteiger partial charge in [0.2, 0.25) is 0 Å². The van der Waals surface area contributed by atoms with E-state index in [1.807, 2.05) is 60.7 Å². The number of benzene rings is 2. The van der Waals surface area contributed by atoms with Crippen molar-refractivity contribution >= 4 is 24.3 Å². The van der Waals surface area contributed by atoms with Crippen LogP contribution in [0.3, 0.4) is 0 Å². The van der Waals surface area contributed by atoms with Crippen LogP contribution in [0.25, 0.3) is 0 Å². The largest absolute Gasteiger partial charge is 0.282 e. The van der Waals surface area contributed by atoms with Gasteiger partial charge in [-0.3, -0.25) is 0 Å². The van der Waals surface area contributed by atoms with Crippen molar-refractivity contribution < 1.29 is 0 Å². The van der Waals surface area contributed by atoms with Crippen LogP contribution in [-0.2, 0) is 0 Å². The van der Waals surface area contributed by atoms with Crippen molar-refractivity contribution in [1.29, 1.82) is 0 Å². The number of rotatable bonds is 6. The van der Waals surface area contributed by atoms with Gasteiger partial charge in [-0.05, 0) is 11.1 Å². The molecule has 0 saturated heterocycles. The number of hydrogen-bond donors (Lipinski definition) is 2. The molecule has 24 heavy (non-hydrogen) atoms. The molecule has 0 aliphatic heterocycles. The average molecular weight is 318 g/mol. The molecule has 8 heteroatoms. The van der Waals surface area contributed by atoms with E-state index in [4.69, 9.17) is 0 Å². The van der Waals surface area contributed by atoms with Crippen LogP contribution in [0.4, 0.5) is 11.9 Å². The molecule has 8 nitrogen and oxygen atoms in total. The second-order valence-corrected chi connectivity index (χ2v) is 4.61. The second kappa shape index (κ2) is 8.08. The predicted molar refractivity (Wildman–Crippen MR) is 92.9 cm³/mol. The van der Waals surface area contributed by atoms with E-state index in [0.717, 1.165) is 11.1 Å². The molecule has 0 aliphatic rings. The molecular weight excluding hydrogens is 304 g/mol. The first-order valence-corrected chi connectivity index (χ1v) is 7.16. The second-order valence-electron chi connectivity index (χ2n) is 4.61. The van der Waals surface area contributed by atoms with E-state index in [2.05, 4.69) is 41.4 Å². The van der Waals surface area contributed by atoms with Gasteiger partial charge in [-0.15, -0.1) is 20.4 Å². The van der Waals surface area contributed by atoms with Crippen molar-refractivity contribution in [1.82, 2.24) is 20.4 Å². The number of aromatic nitrogens is 4. The summed E-state index contributed by atoms with van der Waals surface area (Å²) >= 11 is 0. The van der Waals surface area contributed by atoms with Gasteiger partial charge >= 0.3 is 0 Å². The van der Waals surface area contributed by atoms with E-state index in [9.17, 15) is 0 Å². The molecule has 0 bridgehead atoms. The molecule has 2 N–H and O–H groups in total. The van der Waals surface area contributed by atoms with Gasteiger partial charge in [-0.25, -0.2) is 10.9 Å². The average Bonchev–Trinajstić information content (AvgIpc) is 2.65. The van der Waals surface area contributed by atoms with E-state index < -0.39 is 0 Å². The molecule has 0 fully saturated rings. The Morgan fingerprint density at radius 2 is 0.958 bits per heavy atom. The van der Waals surface area contributed by atoms with Gasteiger partial charge in [0, 0.05) is 0 Å². The van der Waals surface area contributed by atoms with Crippen molar-refractivity contribution in [2.75, 3.05) is 10.9 Å². The smallest absolute Gasteiger partial charge is 0.243 e. The summed E-state index contributed by atoms with van der Waals surface area (Å²) in [4.78, 5) is 0. The van der Waals surface area contributed by atoms with Crippen LogP contribution in [0.5, 0.6) is 0 Å². The molecule has 3 rings (SSSR count). The lowest BCUT2D eigenvalue weighted by Crippen LogP contribution is -2.05. The van der Waals surface area contributed by atoms with Gasteiger partial charge in [-0.1, -0.05) is 60.7 Å². The maximum Gasteiger partial charge on any atom is 0.282 e. The third kappa shape index (κ3) is 4.67. The van der Waals surface area contributed by atoms with Gasteiger partial charge in [0.1, 0.15) is 0 Å². The number of anilines is 2. The number of hydrazone groups is 2. The van der Waals surface area contributed by atoms with Crippen LogP contribution in [0, 0.1) is 0 Å². The predicted octanol–water partition coefficient (Wildman–Crippen LogP) is 2.16. The minimum absolute atomic E-state index is 0.194. The first kappa shape index (κ1) is 15.2. The maximum absolute atomic E-state index is 4.01. The Balaban J connectivity index is 1.52. The highest BCUT2D eigenvalue weighted by Crippen LogP contribution is 1.99. The molecule has 118 valence electrons. The monoisotopic (exact) mass is 318 g/mol. The first-order valence-electron chi connectivity index (χ1n) is 7.16. The van der Waals surface area contributed by atoms with Gasteiger partial charge in [0.05, 0.1) is 12.4 Å². The minimum atomic E-state index is 0.194. The maximum atomic E-state index is 4.01. The molecule has 0 atom stereocenters. The van der Waals surface area contributed by atoms with E-state index in [1.165, 1.54) is 0 Å². The molecule has 0 unspecified atom stereocenters. The minimum Gasteiger partial charge on any atom is -0.243 e. The lowest BCUT2D eigenvalue weighted by Gasteiger charge is -1.98. The van der Waals surface area contributed by atoms with Gasteiger partial charge < -0.3 is 0 Å². The zero-order valence-corrected chi connectivity index (χ0v) is 12.6. The topological polar surface area (TPSA) is 100 Å². The lowest BCUT2D eigenvalue weighted by atomic mass is 10.2. The SMILES string of the molecule is C(=N\Nc1nnc(N/N=C/c2ccccc2)nn1)/c1ccccc1. The van der Waals surface area contributed by atoms with Crippen LogP contribution in [0.2, 0.25) is 0 Å². The molecule has 0 radical (unpaired) electrons. The summed E-state index contributed by atoms with van der Waals surface area (Å²) in [6.07, 6.45) is 3.30. The fourth-order valence-electron chi connectivity index (χ4n) is 1.73. The Morgan fingerprint density at radius 3 is 1.33 bits per heavy atom. The number of nitrogens with zero attached hydrogens (tertiary/aromatic N) is 6. The quantitative estimate of drug-likeness (QED) is 0.533. The van der Waals surface area contributed by atoms with E-state index >= 15 is 0 Å². The van der Waals surface area contributed by atoms with Crippen LogP contribution in [0.1, 0.15) is 11.1 Å². The van der Waals surface area contributed by atoms with Crippen LogP contribution in [0.15, 0.2) is 70.9 Å². The third-order valence-corrected chi connectivity index (χ3v) is 2.83. The van der Waals surface area contributed by atoms with Crippen molar-refractivity contribution in [3.05, 3.63) is 71.8 Å². The third-order valence-electron chi connectivity index (χ3n) is 2.83. The van der Waals surface area contributed by atoms with Crippen molar-refractivity contribution in [3.8, 4) is 0 Å². The Morgan fingerprint density at radius 1 is 0.583 bits per heavy atom. The molecule has 0 spiro atoms. The van der Waals surface area contributed by atoms with Crippen molar-refractivity contribution in [3.63, 3.8) is 0 Å². The van der Waals surface area contributed by atoms with E-state index in [-0.39, 0.29) is 11.9 Å². The van der Waals surface area contributed by atoms with Crippen LogP contribution < -0.4 is 10.9 Å². The fraction of sp³-hybridized carbons (Fsp3) is 0. The summed E-state index contributed by atoms with van der Waals surface area (Å²) in [6, 6.07) is 19.3. The number of hydrogen-bond acceptors (Lipinski definition) is 8. The van der Waals surface area contributed by atoms with Gasteiger partial charge in [-0.2, -0.15) is 10.2 Å². The highest BCUT2D eigenvalue weighted by molar-refractivity contribution is 5.80. The lowest BCUT2D eigenvalue weighted by molar-refractivity contribution is 0.857. The van der Waals surface area contributed by atoms with Crippen LogP contribution in [-0.4, -0.2) is 32.8 Å². The Bertz CT molecular complexity index is 730. The van der Waals surface area contributed by atoms with Gasteiger partial charge in [0.15, 0.2) is 0 Å². The normalized spacial score (nSPS) is 11.0. The fourth-order valence-corrected chi connectivity index (χ4v) is 1.73. The van der Waals surface area contributed by atoms with Crippen molar-refractivity contribution in [2.24, 2.45) is 10.2 Å². The van der Waals surface area contributed by atoms with Crippen LogP contribution >= 0.6 is 0 Å². The molecule has 3 aromatic rings. The number of nitrogens with one attached hydrogen (secondary N) is 2. The summed E-state index contributed by atoms with van der Waals surface area (Å²) in [5.74, 6) is 0.388. The molecule has 1 heterocycles. The molecule has 0 amide bonds. The highest BCUT2D eigenvalue weighted by atomic mass is 15.5. The Kier molecular flexibility index (Phi) is 5.13. The van der Waals surface area contributed by atoms with E-state index in [1.54, 1.807) is 12.4 Å². The Labute approximate surface area is 138 Å². The molecular formula is C16H14N8. The summed E-state index contributed by atoms with van der Waals surface area (Å²) in [5.41, 5.74) is 7.23. The van der Waals surface area contributed by atoms with Crippen molar-refractivity contribution in [2.45, 2.75) is 0 Å². The summed E-state index contributed by atoms with van der Waals surface area (Å²) in [5, 5.41) is 23.4. The first-order chi connectivity index (χ1) is 11.9. The summed E-state index contributed by atoms with van der Waals surface area (Å²) in [6.45, 7) is 0. The summed E-state index contributed by atoms with van der Waals surface area (Å²) < 4.78 is 0. The van der Waals surface area contributed by atoms with Gasteiger partial charge in [0.25, 0.3) is 11.9 Å². The molecule has 0 saturated carbocycles. The zero-order valence-electron chi connectivity index (χ0n) is 12.6. The summed E-state index contributed by atoms with van der Waals surface area (Å²) in [7, 11) is 0. The molecule has 0 aliphatic carbocycles. The highest BCUT2D eigenvalue weighted by Gasteiger charge is 1.98. The molecule has 1 aromatic heterocycles. The van der Waals surface area contributed by atoms with E-state index in [0.29, 0.717) is 0 Å².